The highest BCUT2D eigenvalue weighted by atomic mass is 16.4. The molecule has 0 bridgehead atoms. The number of hydrogen-bond donors (Lipinski definition) is 3. The molecule has 1 atom stereocenters. The Morgan fingerprint density at radius 2 is 1.90 bits per heavy atom. The normalized spacial score (nSPS) is 12.1. The summed E-state index contributed by atoms with van der Waals surface area (Å²) < 4.78 is 0. The van der Waals surface area contributed by atoms with Crippen molar-refractivity contribution in [1.29, 1.82) is 0 Å². The van der Waals surface area contributed by atoms with Crippen molar-refractivity contribution in [2.45, 2.75) is 27.7 Å². The largest absolute Gasteiger partial charge is 0.478 e. The zero-order valence-corrected chi connectivity index (χ0v) is 12.4. The fourth-order valence-corrected chi connectivity index (χ4v) is 1.60. The third kappa shape index (κ3) is 4.57. The molecular formula is C15H22N2O3. The van der Waals surface area contributed by atoms with E-state index in [0.717, 1.165) is 5.56 Å². The molecule has 0 aliphatic carbocycles. The first-order valence-electron chi connectivity index (χ1n) is 6.70. The van der Waals surface area contributed by atoms with Crippen LogP contribution in [0.4, 0.5) is 10.5 Å². The lowest BCUT2D eigenvalue weighted by Crippen LogP contribution is -2.34. The number of carbonyl (C=O) groups is 2. The van der Waals surface area contributed by atoms with Crippen LogP contribution in [0.2, 0.25) is 0 Å². The van der Waals surface area contributed by atoms with Gasteiger partial charge < -0.3 is 15.7 Å². The maximum absolute atomic E-state index is 11.8. The summed E-state index contributed by atoms with van der Waals surface area (Å²) in [6, 6.07) is 4.52. The number of amides is 2. The molecule has 0 spiro atoms. The fourth-order valence-electron chi connectivity index (χ4n) is 1.60. The van der Waals surface area contributed by atoms with Crippen LogP contribution in [0.3, 0.4) is 0 Å². The van der Waals surface area contributed by atoms with Gasteiger partial charge in [-0.25, -0.2) is 9.59 Å². The van der Waals surface area contributed by atoms with Crippen LogP contribution in [-0.4, -0.2) is 23.7 Å². The molecule has 0 saturated heterocycles. The van der Waals surface area contributed by atoms with Crippen LogP contribution >= 0.6 is 0 Å². The average Bonchev–Trinajstić information content (AvgIpc) is 2.37. The molecule has 0 aromatic heterocycles. The Balaban J connectivity index is 2.69. The Bertz CT molecular complexity index is 498. The number of aromatic carboxylic acids is 1. The van der Waals surface area contributed by atoms with Gasteiger partial charge in [0.25, 0.3) is 0 Å². The molecule has 1 aromatic carbocycles. The summed E-state index contributed by atoms with van der Waals surface area (Å²) in [5.74, 6) is -0.221. The summed E-state index contributed by atoms with van der Waals surface area (Å²) in [7, 11) is 0. The summed E-state index contributed by atoms with van der Waals surface area (Å²) >= 11 is 0. The summed E-state index contributed by atoms with van der Waals surface area (Å²) in [5, 5.41) is 14.5. The quantitative estimate of drug-likeness (QED) is 0.774. The summed E-state index contributed by atoms with van der Waals surface area (Å²) in [6.45, 7) is 8.59. The minimum Gasteiger partial charge on any atom is -0.478 e. The molecule has 0 aliphatic heterocycles. The number of urea groups is 1. The molecule has 3 N–H and O–H groups in total. The summed E-state index contributed by atoms with van der Waals surface area (Å²) in [6.07, 6.45) is 0. The van der Waals surface area contributed by atoms with E-state index in [-0.39, 0.29) is 11.6 Å². The van der Waals surface area contributed by atoms with Gasteiger partial charge in [0.05, 0.1) is 11.3 Å². The number of anilines is 1. The zero-order chi connectivity index (χ0) is 15.3. The molecule has 5 heteroatoms. The first-order valence-corrected chi connectivity index (χ1v) is 6.70. The number of carboxylic acids is 1. The SMILES string of the molecule is Cc1ccc(NC(=O)NCC(C)C(C)C)c(C(=O)O)c1. The number of carbonyl (C=O) groups excluding carboxylic acids is 1. The molecule has 1 unspecified atom stereocenters. The van der Waals surface area contributed by atoms with E-state index in [1.54, 1.807) is 19.1 Å². The highest BCUT2D eigenvalue weighted by Gasteiger charge is 2.13. The molecule has 110 valence electrons. The van der Waals surface area contributed by atoms with E-state index < -0.39 is 5.97 Å². The van der Waals surface area contributed by atoms with Crippen molar-refractivity contribution in [3.05, 3.63) is 29.3 Å². The summed E-state index contributed by atoms with van der Waals surface area (Å²) in [4.78, 5) is 22.9. The molecule has 0 fully saturated rings. The maximum atomic E-state index is 11.8. The van der Waals surface area contributed by atoms with Gasteiger partial charge in [-0.05, 0) is 30.9 Å². The Morgan fingerprint density at radius 3 is 2.45 bits per heavy atom. The monoisotopic (exact) mass is 278 g/mol. The van der Waals surface area contributed by atoms with Crippen molar-refractivity contribution in [2.24, 2.45) is 11.8 Å². The van der Waals surface area contributed by atoms with Crippen LogP contribution in [0, 0.1) is 18.8 Å². The standard InChI is InChI=1S/C15H22N2O3/c1-9(2)11(4)8-16-15(20)17-13-6-5-10(3)7-12(13)14(18)19/h5-7,9,11H,8H2,1-4H3,(H,18,19)(H2,16,17,20). The van der Waals surface area contributed by atoms with E-state index in [1.165, 1.54) is 6.07 Å². The lowest BCUT2D eigenvalue weighted by Gasteiger charge is -2.17. The lowest BCUT2D eigenvalue weighted by atomic mass is 9.98. The smallest absolute Gasteiger partial charge is 0.337 e. The van der Waals surface area contributed by atoms with Crippen LogP contribution in [0.25, 0.3) is 0 Å². The van der Waals surface area contributed by atoms with Gasteiger partial charge in [-0.2, -0.15) is 0 Å². The molecule has 2 amide bonds. The Morgan fingerprint density at radius 1 is 1.25 bits per heavy atom. The predicted molar refractivity (Wildman–Crippen MR) is 79.2 cm³/mol. The molecule has 1 rings (SSSR count). The Labute approximate surface area is 119 Å². The molecule has 0 saturated carbocycles. The van der Waals surface area contributed by atoms with Crippen LogP contribution in [-0.2, 0) is 0 Å². The molecule has 1 aromatic rings. The second kappa shape index (κ2) is 6.93. The van der Waals surface area contributed by atoms with E-state index in [0.29, 0.717) is 24.1 Å². The van der Waals surface area contributed by atoms with Crippen molar-refractivity contribution >= 4 is 17.7 Å². The fraction of sp³-hybridized carbons (Fsp3) is 0.467. The lowest BCUT2D eigenvalue weighted by molar-refractivity contribution is 0.0698. The minimum absolute atomic E-state index is 0.0945. The van der Waals surface area contributed by atoms with Crippen LogP contribution in [0.15, 0.2) is 18.2 Å². The Hall–Kier alpha value is -2.04. The second-order valence-corrected chi connectivity index (χ2v) is 5.41. The molecule has 20 heavy (non-hydrogen) atoms. The van der Waals surface area contributed by atoms with Gasteiger partial charge in [0.15, 0.2) is 0 Å². The van der Waals surface area contributed by atoms with Gasteiger partial charge in [0.2, 0.25) is 0 Å². The number of hydrogen-bond acceptors (Lipinski definition) is 2. The van der Waals surface area contributed by atoms with Crippen molar-refractivity contribution < 1.29 is 14.7 Å². The van der Waals surface area contributed by atoms with Crippen molar-refractivity contribution in [1.82, 2.24) is 5.32 Å². The number of carboxylic acid groups (broad SMARTS) is 1. The molecule has 5 nitrogen and oxygen atoms in total. The molecule has 0 aliphatic rings. The number of benzene rings is 1. The van der Waals surface area contributed by atoms with Crippen LogP contribution in [0.5, 0.6) is 0 Å². The highest BCUT2D eigenvalue weighted by Crippen LogP contribution is 2.17. The van der Waals surface area contributed by atoms with E-state index in [9.17, 15) is 9.59 Å². The third-order valence-corrected chi connectivity index (χ3v) is 3.38. The molecule has 0 heterocycles. The van der Waals surface area contributed by atoms with Crippen molar-refractivity contribution in [3.8, 4) is 0 Å². The second-order valence-electron chi connectivity index (χ2n) is 5.41. The molecular weight excluding hydrogens is 256 g/mol. The van der Waals surface area contributed by atoms with E-state index in [4.69, 9.17) is 5.11 Å². The zero-order valence-electron chi connectivity index (χ0n) is 12.4. The van der Waals surface area contributed by atoms with E-state index in [2.05, 4.69) is 31.4 Å². The first kappa shape index (κ1) is 16.0. The van der Waals surface area contributed by atoms with Gasteiger partial charge in [0.1, 0.15) is 0 Å². The van der Waals surface area contributed by atoms with Crippen LogP contribution < -0.4 is 10.6 Å². The van der Waals surface area contributed by atoms with Gasteiger partial charge in [-0.3, -0.25) is 0 Å². The number of nitrogens with one attached hydrogen (secondary N) is 2. The van der Waals surface area contributed by atoms with Crippen molar-refractivity contribution in [2.75, 3.05) is 11.9 Å². The van der Waals surface area contributed by atoms with Gasteiger partial charge in [-0.15, -0.1) is 0 Å². The highest BCUT2D eigenvalue weighted by molar-refractivity contribution is 6.00. The van der Waals surface area contributed by atoms with Gasteiger partial charge in [-0.1, -0.05) is 32.4 Å². The van der Waals surface area contributed by atoms with E-state index in [1.807, 2.05) is 0 Å². The van der Waals surface area contributed by atoms with Crippen molar-refractivity contribution in [3.63, 3.8) is 0 Å². The molecule has 0 radical (unpaired) electrons. The number of rotatable bonds is 5. The maximum Gasteiger partial charge on any atom is 0.337 e. The van der Waals surface area contributed by atoms with E-state index >= 15 is 0 Å². The minimum atomic E-state index is -1.06. The predicted octanol–water partition coefficient (Wildman–Crippen LogP) is 3.11. The number of aryl methyl sites for hydroxylation is 1. The Kier molecular flexibility index (Phi) is 5.55. The topological polar surface area (TPSA) is 78.4 Å². The third-order valence-electron chi connectivity index (χ3n) is 3.38. The van der Waals surface area contributed by atoms with Crippen LogP contribution in [0.1, 0.15) is 36.7 Å². The summed E-state index contributed by atoms with van der Waals surface area (Å²) in [5.41, 5.74) is 1.23. The average molecular weight is 278 g/mol. The van der Waals surface area contributed by atoms with Gasteiger partial charge >= 0.3 is 12.0 Å². The van der Waals surface area contributed by atoms with Gasteiger partial charge in [0, 0.05) is 6.54 Å². The first-order chi connectivity index (χ1) is 9.31.